The molecule has 0 aromatic heterocycles. The van der Waals surface area contributed by atoms with E-state index in [9.17, 15) is 8.42 Å². The van der Waals surface area contributed by atoms with Crippen LogP contribution < -0.4 is 15.8 Å². The number of rotatable bonds is 6. The smallest absolute Gasteiger partial charge is 0.215 e. The van der Waals surface area contributed by atoms with Crippen molar-refractivity contribution in [2.45, 2.75) is 5.75 Å². The standard InChI is InChI=1S/C10H17N3O2S/c1-12-5-6-13-16(14,15)8-9-3-2-4-10(11)7-9/h2-4,7,12-13H,5-6,8,11H2,1H3. The van der Waals surface area contributed by atoms with E-state index in [-0.39, 0.29) is 5.75 Å². The molecular weight excluding hydrogens is 226 g/mol. The van der Waals surface area contributed by atoms with Crippen LogP contribution in [-0.2, 0) is 15.8 Å². The highest BCUT2D eigenvalue weighted by Gasteiger charge is 2.10. The number of nitrogens with two attached hydrogens (primary N) is 1. The van der Waals surface area contributed by atoms with Crippen molar-refractivity contribution in [2.75, 3.05) is 25.9 Å². The Morgan fingerprint density at radius 1 is 1.31 bits per heavy atom. The molecule has 0 aliphatic carbocycles. The quantitative estimate of drug-likeness (QED) is 0.481. The van der Waals surface area contributed by atoms with Crippen LogP contribution in [0.15, 0.2) is 24.3 Å². The maximum atomic E-state index is 11.6. The van der Waals surface area contributed by atoms with Crippen molar-refractivity contribution in [3.63, 3.8) is 0 Å². The third-order valence-electron chi connectivity index (χ3n) is 2.00. The van der Waals surface area contributed by atoms with Gasteiger partial charge in [0.05, 0.1) is 5.75 Å². The minimum absolute atomic E-state index is 0.0399. The highest BCUT2D eigenvalue weighted by atomic mass is 32.2. The lowest BCUT2D eigenvalue weighted by molar-refractivity contribution is 0.578. The molecule has 1 rings (SSSR count). The molecule has 0 saturated carbocycles. The summed E-state index contributed by atoms with van der Waals surface area (Å²) in [4.78, 5) is 0. The molecular formula is C10H17N3O2S. The van der Waals surface area contributed by atoms with Gasteiger partial charge in [-0.1, -0.05) is 12.1 Å². The molecule has 0 atom stereocenters. The number of nitrogens with one attached hydrogen (secondary N) is 2. The molecule has 0 aliphatic heterocycles. The minimum atomic E-state index is -3.27. The Labute approximate surface area is 96.1 Å². The fourth-order valence-corrected chi connectivity index (χ4v) is 2.42. The summed E-state index contributed by atoms with van der Waals surface area (Å²) in [6.45, 7) is 0.997. The van der Waals surface area contributed by atoms with Gasteiger partial charge < -0.3 is 11.1 Å². The maximum absolute atomic E-state index is 11.6. The maximum Gasteiger partial charge on any atom is 0.215 e. The van der Waals surface area contributed by atoms with Gasteiger partial charge in [0.1, 0.15) is 0 Å². The largest absolute Gasteiger partial charge is 0.399 e. The van der Waals surface area contributed by atoms with Gasteiger partial charge in [0, 0.05) is 18.8 Å². The van der Waals surface area contributed by atoms with Crippen LogP contribution in [0.5, 0.6) is 0 Å². The number of hydrogen-bond donors (Lipinski definition) is 3. The Bertz CT molecular complexity index is 431. The lowest BCUT2D eigenvalue weighted by atomic mass is 10.2. The van der Waals surface area contributed by atoms with Crippen molar-refractivity contribution in [1.29, 1.82) is 0 Å². The molecule has 1 aromatic rings. The average Bonchev–Trinajstić information content (AvgIpc) is 2.17. The minimum Gasteiger partial charge on any atom is -0.399 e. The predicted molar refractivity (Wildman–Crippen MR) is 65.4 cm³/mol. The number of nitrogen functional groups attached to an aromatic ring is 1. The lowest BCUT2D eigenvalue weighted by Crippen LogP contribution is -2.31. The summed E-state index contributed by atoms with van der Waals surface area (Å²) in [5.41, 5.74) is 6.84. The van der Waals surface area contributed by atoms with E-state index in [1.165, 1.54) is 0 Å². The highest BCUT2D eigenvalue weighted by molar-refractivity contribution is 7.88. The number of likely N-dealkylation sites (N-methyl/N-ethyl adjacent to an activating group) is 1. The van der Waals surface area contributed by atoms with E-state index in [4.69, 9.17) is 5.73 Å². The Hall–Kier alpha value is -1.11. The van der Waals surface area contributed by atoms with E-state index in [2.05, 4.69) is 10.0 Å². The fraction of sp³-hybridized carbons (Fsp3) is 0.400. The molecule has 0 spiro atoms. The molecule has 0 aliphatic rings. The normalized spacial score (nSPS) is 11.6. The second kappa shape index (κ2) is 5.83. The van der Waals surface area contributed by atoms with Crippen molar-refractivity contribution in [2.24, 2.45) is 0 Å². The summed E-state index contributed by atoms with van der Waals surface area (Å²) in [7, 11) is -1.50. The van der Waals surface area contributed by atoms with Crippen LogP contribution in [0.1, 0.15) is 5.56 Å². The van der Waals surface area contributed by atoms with Gasteiger partial charge in [0.15, 0.2) is 0 Å². The number of sulfonamides is 1. The van der Waals surface area contributed by atoms with Gasteiger partial charge in [0.2, 0.25) is 10.0 Å². The van der Waals surface area contributed by atoms with E-state index in [0.717, 1.165) is 0 Å². The Kier molecular flexibility index (Phi) is 4.72. The predicted octanol–water partition coefficient (Wildman–Crippen LogP) is -0.0924. The second-order valence-electron chi connectivity index (χ2n) is 3.50. The molecule has 16 heavy (non-hydrogen) atoms. The lowest BCUT2D eigenvalue weighted by Gasteiger charge is -2.06. The monoisotopic (exact) mass is 243 g/mol. The van der Waals surface area contributed by atoms with E-state index in [0.29, 0.717) is 24.3 Å². The third kappa shape index (κ3) is 4.61. The van der Waals surface area contributed by atoms with Crippen LogP contribution in [0.4, 0.5) is 5.69 Å². The van der Waals surface area contributed by atoms with Crippen molar-refractivity contribution in [1.82, 2.24) is 10.0 Å². The van der Waals surface area contributed by atoms with E-state index >= 15 is 0 Å². The summed E-state index contributed by atoms with van der Waals surface area (Å²) in [6, 6.07) is 6.88. The van der Waals surface area contributed by atoms with E-state index < -0.39 is 10.0 Å². The Morgan fingerprint density at radius 2 is 2.06 bits per heavy atom. The van der Waals surface area contributed by atoms with Crippen molar-refractivity contribution >= 4 is 15.7 Å². The molecule has 0 fully saturated rings. The zero-order chi connectivity index (χ0) is 12.0. The third-order valence-corrected chi connectivity index (χ3v) is 3.36. The van der Waals surface area contributed by atoms with Crippen LogP contribution in [0.3, 0.4) is 0 Å². The van der Waals surface area contributed by atoms with Gasteiger partial charge in [0.25, 0.3) is 0 Å². The number of hydrogen-bond acceptors (Lipinski definition) is 4. The van der Waals surface area contributed by atoms with Gasteiger partial charge >= 0.3 is 0 Å². The van der Waals surface area contributed by atoms with Crippen LogP contribution in [-0.4, -0.2) is 28.6 Å². The van der Waals surface area contributed by atoms with Gasteiger partial charge in [-0.3, -0.25) is 0 Å². The fourth-order valence-electron chi connectivity index (χ4n) is 1.28. The first-order chi connectivity index (χ1) is 7.53. The summed E-state index contributed by atoms with van der Waals surface area (Å²) >= 11 is 0. The van der Waals surface area contributed by atoms with Gasteiger partial charge in [-0.2, -0.15) is 0 Å². The van der Waals surface area contributed by atoms with E-state index in [1.807, 2.05) is 0 Å². The SMILES string of the molecule is CNCCNS(=O)(=O)Cc1cccc(N)c1. The first-order valence-corrected chi connectivity index (χ1v) is 6.65. The molecule has 90 valence electrons. The topological polar surface area (TPSA) is 84.2 Å². The first-order valence-electron chi connectivity index (χ1n) is 5.00. The van der Waals surface area contributed by atoms with Crippen LogP contribution in [0.25, 0.3) is 0 Å². The Balaban J connectivity index is 2.59. The summed E-state index contributed by atoms with van der Waals surface area (Å²) < 4.78 is 25.7. The molecule has 5 nitrogen and oxygen atoms in total. The molecule has 6 heteroatoms. The number of anilines is 1. The molecule has 1 aromatic carbocycles. The molecule has 0 amide bonds. The van der Waals surface area contributed by atoms with Crippen LogP contribution in [0, 0.1) is 0 Å². The molecule has 0 saturated heterocycles. The molecule has 4 N–H and O–H groups in total. The Morgan fingerprint density at radius 3 is 2.69 bits per heavy atom. The van der Waals surface area contributed by atoms with Gasteiger partial charge in [-0.05, 0) is 24.7 Å². The van der Waals surface area contributed by atoms with Crippen molar-refractivity contribution in [3.8, 4) is 0 Å². The van der Waals surface area contributed by atoms with Gasteiger partial charge in [-0.15, -0.1) is 0 Å². The molecule has 0 radical (unpaired) electrons. The van der Waals surface area contributed by atoms with Crippen LogP contribution >= 0.6 is 0 Å². The average molecular weight is 243 g/mol. The molecule has 0 heterocycles. The summed E-state index contributed by atoms with van der Waals surface area (Å²) in [5.74, 6) is -0.0399. The second-order valence-corrected chi connectivity index (χ2v) is 5.31. The molecule has 0 unspecified atom stereocenters. The van der Waals surface area contributed by atoms with Gasteiger partial charge in [-0.25, -0.2) is 13.1 Å². The molecule has 0 bridgehead atoms. The zero-order valence-corrected chi connectivity index (χ0v) is 10.0. The van der Waals surface area contributed by atoms with E-state index in [1.54, 1.807) is 31.3 Å². The highest BCUT2D eigenvalue weighted by Crippen LogP contribution is 2.09. The van der Waals surface area contributed by atoms with Crippen molar-refractivity contribution < 1.29 is 8.42 Å². The van der Waals surface area contributed by atoms with Crippen molar-refractivity contribution in [3.05, 3.63) is 29.8 Å². The summed E-state index contributed by atoms with van der Waals surface area (Å²) in [6.07, 6.45) is 0. The number of benzene rings is 1. The zero-order valence-electron chi connectivity index (χ0n) is 9.23. The first kappa shape index (κ1) is 13.0. The van der Waals surface area contributed by atoms with Crippen LogP contribution in [0.2, 0.25) is 0 Å². The summed E-state index contributed by atoms with van der Waals surface area (Å²) in [5, 5.41) is 2.87.